The summed E-state index contributed by atoms with van der Waals surface area (Å²) in [6, 6.07) is 9.13. The molecule has 1 heterocycles. The van der Waals surface area contributed by atoms with E-state index < -0.39 is 10.7 Å². The van der Waals surface area contributed by atoms with Crippen molar-refractivity contribution >= 4 is 10.7 Å². The van der Waals surface area contributed by atoms with Crippen LogP contribution in [0.5, 0.6) is 11.5 Å². The van der Waals surface area contributed by atoms with E-state index in [1.54, 1.807) is 42.7 Å². The van der Waals surface area contributed by atoms with Gasteiger partial charge in [-0.1, -0.05) is 6.42 Å². The molecule has 116 valence electrons. The number of nitrogens with one attached hydrogen (secondary N) is 1. The molecule has 0 bridgehead atoms. The first-order valence-corrected chi connectivity index (χ1v) is 8.49. The lowest BCUT2D eigenvalue weighted by molar-refractivity contribution is 0.337. The van der Waals surface area contributed by atoms with Crippen molar-refractivity contribution < 1.29 is 13.2 Å². The Kier molecular flexibility index (Phi) is 4.70. The predicted octanol–water partition coefficient (Wildman–Crippen LogP) is 2.49. The molecule has 1 N–H and O–H groups in total. The second kappa shape index (κ2) is 6.89. The third-order valence-corrected chi connectivity index (χ3v) is 4.63. The van der Waals surface area contributed by atoms with Gasteiger partial charge < -0.3 is 10.1 Å². The lowest BCUT2D eigenvalue weighted by Crippen LogP contribution is -2.34. The molecule has 0 saturated heterocycles. The summed E-state index contributed by atoms with van der Waals surface area (Å²) in [6.45, 7) is 0.535. The Hall–Kier alpha value is -1.92. The van der Waals surface area contributed by atoms with E-state index >= 15 is 0 Å². The van der Waals surface area contributed by atoms with Crippen LogP contribution in [-0.4, -0.2) is 19.4 Å². The van der Waals surface area contributed by atoms with Gasteiger partial charge in [-0.25, -0.2) is 8.42 Å². The fraction of sp³-hybridized carbons (Fsp3) is 0.312. The Balaban J connectivity index is 1.79. The van der Waals surface area contributed by atoms with Crippen LogP contribution in [0.1, 0.15) is 24.8 Å². The predicted molar refractivity (Wildman–Crippen MR) is 83.8 cm³/mol. The molecule has 1 aromatic heterocycles. The molecule has 3 rings (SSSR count). The van der Waals surface area contributed by atoms with Crippen LogP contribution in [0.3, 0.4) is 0 Å². The smallest absolute Gasteiger partial charge is 0.168 e. The largest absolute Gasteiger partial charge is 0.456 e. The van der Waals surface area contributed by atoms with Crippen LogP contribution in [0.2, 0.25) is 0 Å². The summed E-state index contributed by atoms with van der Waals surface area (Å²) in [5.74, 6) is 1.23. The number of rotatable bonds is 6. The Labute approximate surface area is 131 Å². The third kappa shape index (κ3) is 3.64. The molecule has 0 radical (unpaired) electrons. The maximum Gasteiger partial charge on any atom is 0.168 e. The van der Waals surface area contributed by atoms with Gasteiger partial charge >= 0.3 is 0 Å². The Morgan fingerprint density at radius 2 is 2.09 bits per heavy atom. The summed E-state index contributed by atoms with van der Waals surface area (Å²) in [5.41, 5.74) is 0.740. The van der Waals surface area contributed by atoms with E-state index in [9.17, 15) is 8.42 Å². The van der Waals surface area contributed by atoms with Crippen molar-refractivity contribution in [1.29, 1.82) is 0 Å². The van der Waals surface area contributed by atoms with E-state index in [0.717, 1.165) is 18.4 Å². The molecule has 1 fully saturated rings. The molecule has 1 saturated carbocycles. The van der Waals surface area contributed by atoms with Crippen molar-refractivity contribution in [3.63, 3.8) is 0 Å². The van der Waals surface area contributed by atoms with Crippen LogP contribution in [-0.2, 0) is 17.2 Å². The zero-order valence-corrected chi connectivity index (χ0v) is 13.0. The van der Waals surface area contributed by atoms with Crippen molar-refractivity contribution in [1.82, 2.24) is 10.3 Å². The van der Waals surface area contributed by atoms with E-state index in [1.807, 2.05) is 0 Å². The summed E-state index contributed by atoms with van der Waals surface area (Å²) in [5, 5.41) is 3.39. The van der Waals surface area contributed by atoms with Gasteiger partial charge in [-0.3, -0.25) is 4.98 Å². The average Bonchev–Trinajstić information content (AvgIpc) is 2.46. The zero-order valence-electron chi connectivity index (χ0n) is 12.1. The van der Waals surface area contributed by atoms with E-state index in [4.69, 9.17) is 4.74 Å². The van der Waals surface area contributed by atoms with E-state index in [0.29, 0.717) is 29.0 Å². The van der Waals surface area contributed by atoms with Crippen LogP contribution in [0.4, 0.5) is 0 Å². The molecule has 5 nitrogen and oxygen atoms in total. The standard InChI is InChI=1S/C16H18N2O3S/c19-22(20)16-7-6-14(21-15-5-2-8-17-11-15)9-12(16)10-18-13-3-1-4-13/h2,5-9,11,13,18,22H,1,3-4,10H2. The van der Waals surface area contributed by atoms with Gasteiger partial charge in [0.25, 0.3) is 0 Å². The molecule has 6 heteroatoms. The summed E-state index contributed by atoms with van der Waals surface area (Å²) in [4.78, 5) is 4.34. The minimum absolute atomic E-state index is 0.348. The molecule has 0 atom stereocenters. The first kappa shape index (κ1) is 15.0. The van der Waals surface area contributed by atoms with E-state index in [2.05, 4.69) is 10.3 Å². The minimum atomic E-state index is -2.61. The molecular weight excluding hydrogens is 300 g/mol. The zero-order chi connectivity index (χ0) is 15.4. The Morgan fingerprint density at radius 3 is 2.73 bits per heavy atom. The number of hydrogen-bond donors (Lipinski definition) is 2. The van der Waals surface area contributed by atoms with Crippen LogP contribution in [0.25, 0.3) is 0 Å². The number of nitrogens with zero attached hydrogens (tertiary/aromatic N) is 1. The highest BCUT2D eigenvalue weighted by Crippen LogP contribution is 2.25. The van der Waals surface area contributed by atoms with Crippen LogP contribution < -0.4 is 10.1 Å². The molecule has 0 spiro atoms. The quantitative estimate of drug-likeness (QED) is 0.801. The van der Waals surface area contributed by atoms with Gasteiger partial charge in [0.1, 0.15) is 11.5 Å². The lowest BCUT2D eigenvalue weighted by atomic mass is 9.93. The molecule has 0 unspecified atom stereocenters. The number of benzene rings is 1. The Bertz CT molecular complexity index is 705. The van der Waals surface area contributed by atoms with E-state index in [1.165, 1.54) is 6.42 Å². The molecule has 1 aromatic carbocycles. The minimum Gasteiger partial charge on any atom is -0.456 e. The highest BCUT2D eigenvalue weighted by molar-refractivity contribution is 7.72. The van der Waals surface area contributed by atoms with Gasteiger partial charge in [-0.15, -0.1) is 0 Å². The maximum absolute atomic E-state index is 11.4. The second-order valence-electron chi connectivity index (χ2n) is 5.35. The molecule has 0 amide bonds. The first-order valence-electron chi connectivity index (χ1n) is 7.31. The summed E-state index contributed by atoms with van der Waals surface area (Å²) in [6.07, 6.45) is 6.85. The van der Waals surface area contributed by atoms with Gasteiger partial charge in [-0.05, 0) is 48.7 Å². The van der Waals surface area contributed by atoms with Gasteiger partial charge in [-0.2, -0.15) is 0 Å². The average molecular weight is 318 g/mol. The number of aromatic nitrogens is 1. The van der Waals surface area contributed by atoms with Gasteiger partial charge in [0.15, 0.2) is 10.7 Å². The van der Waals surface area contributed by atoms with Crippen molar-refractivity contribution in [3.8, 4) is 11.5 Å². The molecular formula is C16H18N2O3S. The van der Waals surface area contributed by atoms with Crippen molar-refractivity contribution in [2.24, 2.45) is 0 Å². The maximum atomic E-state index is 11.4. The SMILES string of the molecule is O=[SH](=O)c1ccc(Oc2cccnc2)cc1CNC1CCC1. The number of hydrogen-bond acceptors (Lipinski definition) is 5. The molecule has 0 aliphatic heterocycles. The van der Waals surface area contributed by atoms with Gasteiger partial charge in [0.2, 0.25) is 0 Å². The number of ether oxygens (including phenoxy) is 1. The van der Waals surface area contributed by atoms with Gasteiger partial charge in [0, 0.05) is 18.8 Å². The van der Waals surface area contributed by atoms with Crippen LogP contribution in [0, 0.1) is 0 Å². The van der Waals surface area contributed by atoms with Crippen molar-refractivity contribution in [2.45, 2.75) is 36.7 Å². The Morgan fingerprint density at radius 1 is 1.23 bits per heavy atom. The molecule has 22 heavy (non-hydrogen) atoms. The summed E-state index contributed by atoms with van der Waals surface area (Å²) in [7, 11) is -2.61. The fourth-order valence-electron chi connectivity index (χ4n) is 2.36. The highest BCUT2D eigenvalue weighted by atomic mass is 32.2. The highest BCUT2D eigenvalue weighted by Gasteiger charge is 2.17. The van der Waals surface area contributed by atoms with Crippen molar-refractivity contribution in [2.75, 3.05) is 0 Å². The summed E-state index contributed by atoms with van der Waals surface area (Å²) < 4.78 is 28.5. The van der Waals surface area contributed by atoms with E-state index in [-0.39, 0.29) is 0 Å². The molecule has 1 aliphatic rings. The fourth-order valence-corrected chi connectivity index (χ4v) is 2.93. The second-order valence-corrected chi connectivity index (χ2v) is 6.34. The van der Waals surface area contributed by atoms with Crippen LogP contribution >= 0.6 is 0 Å². The normalized spacial score (nSPS) is 14.8. The molecule has 1 aliphatic carbocycles. The van der Waals surface area contributed by atoms with Crippen molar-refractivity contribution in [3.05, 3.63) is 48.3 Å². The molecule has 2 aromatic rings. The topological polar surface area (TPSA) is 68.3 Å². The van der Waals surface area contributed by atoms with Crippen LogP contribution in [0.15, 0.2) is 47.6 Å². The van der Waals surface area contributed by atoms with Gasteiger partial charge in [0.05, 0.1) is 11.1 Å². The number of thiol groups is 1. The monoisotopic (exact) mass is 318 g/mol. The number of pyridine rings is 1. The lowest BCUT2D eigenvalue weighted by Gasteiger charge is -2.26. The third-order valence-electron chi connectivity index (χ3n) is 3.80. The first-order chi connectivity index (χ1) is 10.7. The summed E-state index contributed by atoms with van der Waals surface area (Å²) >= 11 is 0.